The van der Waals surface area contributed by atoms with E-state index in [2.05, 4.69) is 0 Å². The van der Waals surface area contributed by atoms with E-state index >= 15 is 0 Å². The molecule has 1 rings (SSSR count). The molecule has 1 fully saturated rings. The first kappa shape index (κ1) is 12.9. The molecule has 0 amide bonds. The average molecular weight is 255 g/mol. The molecule has 0 N–H and O–H groups in total. The highest BCUT2D eigenvalue weighted by molar-refractivity contribution is 7.92. The number of hydrogen-bond donors (Lipinski definition) is 0. The number of nitrogens with zero attached hydrogens (tertiary/aromatic N) is 1. The van der Waals surface area contributed by atoms with Crippen molar-refractivity contribution in [3.8, 4) is 0 Å². The molecule has 0 unspecified atom stereocenters. The van der Waals surface area contributed by atoms with Gasteiger partial charge in [-0.2, -0.15) is 4.31 Å². The molecule has 0 aromatic rings. The summed E-state index contributed by atoms with van der Waals surface area (Å²) in [6.07, 6.45) is 0. The lowest BCUT2D eigenvalue weighted by Gasteiger charge is -2.38. The summed E-state index contributed by atoms with van der Waals surface area (Å²) in [7, 11) is -6.36. The van der Waals surface area contributed by atoms with Crippen LogP contribution in [-0.4, -0.2) is 50.5 Å². The standard InChI is InChI=1S/C8H17NO4S2/c1-4-14(10,11)8-5-9(6-8)15(12,13)7(2)3/h7-8H,4-6H2,1-3H3. The molecule has 0 aromatic carbocycles. The van der Waals surface area contributed by atoms with E-state index in [1.807, 2.05) is 0 Å². The fourth-order valence-corrected chi connectivity index (χ4v) is 4.22. The van der Waals surface area contributed by atoms with Gasteiger partial charge in [0, 0.05) is 18.8 Å². The van der Waals surface area contributed by atoms with E-state index in [0.717, 1.165) is 0 Å². The van der Waals surface area contributed by atoms with Crippen molar-refractivity contribution in [2.45, 2.75) is 31.3 Å². The molecule has 1 heterocycles. The molecule has 0 bridgehead atoms. The minimum absolute atomic E-state index is 0.0766. The second kappa shape index (κ2) is 4.03. The van der Waals surface area contributed by atoms with Gasteiger partial charge in [0.05, 0.1) is 10.5 Å². The molecular formula is C8H17NO4S2. The summed E-state index contributed by atoms with van der Waals surface area (Å²) >= 11 is 0. The molecule has 0 aromatic heterocycles. The Labute approximate surface area is 91.4 Å². The maximum atomic E-state index is 11.6. The average Bonchev–Trinajstić information content (AvgIpc) is 2.00. The van der Waals surface area contributed by atoms with Crippen molar-refractivity contribution in [2.24, 2.45) is 0 Å². The van der Waals surface area contributed by atoms with Gasteiger partial charge in [-0.15, -0.1) is 0 Å². The van der Waals surface area contributed by atoms with E-state index in [9.17, 15) is 16.8 Å². The second-order valence-corrected chi connectivity index (χ2v) is 9.04. The molecule has 0 atom stereocenters. The van der Waals surface area contributed by atoms with Gasteiger partial charge in [0.15, 0.2) is 9.84 Å². The van der Waals surface area contributed by atoms with Crippen LogP contribution < -0.4 is 0 Å². The summed E-state index contributed by atoms with van der Waals surface area (Å²) in [5.41, 5.74) is 0. The summed E-state index contributed by atoms with van der Waals surface area (Å²) in [6.45, 7) is 5.01. The Morgan fingerprint density at radius 1 is 1.20 bits per heavy atom. The Morgan fingerprint density at radius 2 is 1.67 bits per heavy atom. The number of sulfonamides is 1. The second-order valence-electron chi connectivity index (χ2n) is 3.98. The Kier molecular flexibility index (Phi) is 3.47. The van der Waals surface area contributed by atoms with Gasteiger partial charge in [-0.3, -0.25) is 0 Å². The molecule has 7 heteroatoms. The van der Waals surface area contributed by atoms with E-state index in [4.69, 9.17) is 0 Å². The molecule has 0 saturated carbocycles. The van der Waals surface area contributed by atoms with Gasteiger partial charge in [0.2, 0.25) is 10.0 Å². The van der Waals surface area contributed by atoms with Gasteiger partial charge < -0.3 is 0 Å². The molecule has 0 aliphatic carbocycles. The first-order valence-electron chi connectivity index (χ1n) is 4.92. The fraction of sp³-hybridized carbons (Fsp3) is 1.00. The number of hydrogen-bond acceptors (Lipinski definition) is 4. The molecule has 15 heavy (non-hydrogen) atoms. The molecule has 1 saturated heterocycles. The third-order valence-corrected chi connectivity index (χ3v) is 7.01. The SMILES string of the molecule is CCS(=O)(=O)C1CN(S(=O)(=O)C(C)C)C1. The monoisotopic (exact) mass is 255 g/mol. The third kappa shape index (κ3) is 2.34. The molecular weight excluding hydrogens is 238 g/mol. The Morgan fingerprint density at radius 3 is 2.00 bits per heavy atom. The van der Waals surface area contributed by atoms with Crippen LogP contribution in [0.5, 0.6) is 0 Å². The van der Waals surface area contributed by atoms with E-state index in [1.165, 1.54) is 4.31 Å². The van der Waals surface area contributed by atoms with Crippen LogP contribution in [0, 0.1) is 0 Å². The lowest BCUT2D eigenvalue weighted by atomic mass is 10.3. The van der Waals surface area contributed by atoms with E-state index in [1.54, 1.807) is 20.8 Å². The first-order chi connectivity index (χ1) is 6.71. The van der Waals surface area contributed by atoms with Crippen LogP contribution in [0.3, 0.4) is 0 Å². The summed E-state index contributed by atoms with van der Waals surface area (Å²) in [4.78, 5) is 0. The zero-order chi connectivity index (χ0) is 11.9. The van der Waals surface area contributed by atoms with Crippen molar-refractivity contribution in [1.29, 1.82) is 0 Å². The van der Waals surface area contributed by atoms with Crippen LogP contribution in [0.15, 0.2) is 0 Å². The lowest BCUT2D eigenvalue weighted by molar-refractivity contribution is 0.307. The van der Waals surface area contributed by atoms with Crippen LogP contribution in [0.1, 0.15) is 20.8 Å². The van der Waals surface area contributed by atoms with Crippen molar-refractivity contribution in [2.75, 3.05) is 18.8 Å². The largest absolute Gasteiger partial charge is 0.228 e. The number of sulfone groups is 1. The molecule has 90 valence electrons. The topological polar surface area (TPSA) is 71.5 Å². The van der Waals surface area contributed by atoms with E-state index < -0.39 is 30.4 Å². The zero-order valence-electron chi connectivity index (χ0n) is 9.17. The minimum Gasteiger partial charge on any atom is -0.228 e. The Bertz CT molecular complexity index is 418. The van der Waals surface area contributed by atoms with Crippen molar-refractivity contribution in [3.05, 3.63) is 0 Å². The highest BCUT2D eigenvalue weighted by atomic mass is 32.2. The zero-order valence-corrected chi connectivity index (χ0v) is 10.8. The maximum Gasteiger partial charge on any atom is 0.216 e. The lowest BCUT2D eigenvalue weighted by Crippen LogP contribution is -2.58. The van der Waals surface area contributed by atoms with Gasteiger partial charge in [-0.05, 0) is 13.8 Å². The van der Waals surface area contributed by atoms with Crippen molar-refractivity contribution < 1.29 is 16.8 Å². The summed E-state index contributed by atoms with van der Waals surface area (Å²) < 4.78 is 47.3. The quantitative estimate of drug-likeness (QED) is 0.700. The van der Waals surface area contributed by atoms with Gasteiger partial charge in [0.25, 0.3) is 0 Å². The van der Waals surface area contributed by atoms with Gasteiger partial charge in [-0.1, -0.05) is 6.92 Å². The maximum absolute atomic E-state index is 11.6. The van der Waals surface area contributed by atoms with Crippen LogP contribution in [-0.2, 0) is 19.9 Å². The van der Waals surface area contributed by atoms with Crippen molar-refractivity contribution in [3.63, 3.8) is 0 Å². The molecule has 1 aliphatic rings. The van der Waals surface area contributed by atoms with Crippen LogP contribution in [0.25, 0.3) is 0 Å². The highest BCUT2D eigenvalue weighted by Crippen LogP contribution is 2.22. The van der Waals surface area contributed by atoms with Crippen molar-refractivity contribution >= 4 is 19.9 Å². The minimum atomic E-state index is -3.27. The number of rotatable bonds is 4. The fourth-order valence-electron chi connectivity index (χ4n) is 1.37. The van der Waals surface area contributed by atoms with Crippen LogP contribution >= 0.6 is 0 Å². The van der Waals surface area contributed by atoms with Crippen LogP contribution in [0.4, 0.5) is 0 Å². The Hall–Kier alpha value is -0.140. The summed E-state index contributed by atoms with van der Waals surface area (Å²) in [6, 6.07) is 0. The van der Waals surface area contributed by atoms with Crippen molar-refractivity contribution in [1.82, 2.24) is 4.31 Å². The van der Waals surface area contributed by atoms with E-state index in [-0.39, 0.29) is 18.8 Å². The third-order valence-electron chi connectivity index (χ3n) is 2.68. The predicted octanol–water partition coefficient (Wildman–Crippen LogP) is -0.156. The summed E-state index contributed by atoms with van der Waals surface area (Å²) in [5.74, 6) is 0.0766. The van der Waals surface area contributed by atoms with Gasteiger partial charge in [-0.25, -0.2) is 16.8 Å². The van der Waals surface area contributed by atoms with Gasteiger partial charge >= 0.3 is 0 Å². The highest BCUT2D eigenvalue weighted by Gasteiger charge is 2.42. The van der Waals surface area contributed by atoms with Gasteiger partial charge in [0.1, 0.15) is 0 Å². The molecule has 0 radical (unpaired) electrons. The Balaban J connectivity index is 2.67. The van der Waals surface area contributed by atoms with Crippen LogP contribution in [0.2, 0.25) is 0 Å². The predicted molar refractivity (Wildman–Crippen MR) is 58.9 cm³/mol. The van der Waals surface area contributed by atoms with E-state index in [0.29, 0.717) is 0 Å². The molecule has 5 nitrogen and oxygen atoms in total. The summed E-state index contributed by atoms with van der Waals surface area (Å²) in [5, 5.41) is -0.987. The molecule has 0 spiro atoms. The first-order valence-corrected chi connectivity index (χ1v) is 8.14. The molecule has 1 aliphatic heterocycles. The smallest absolute Gasteiger partial charge is 0.216 e. The normalized spacial score (nSPS) is 20.5.